The molecule has 1 aliphatic heterocycles. The van der Waals surface area contributed by atoms with E-state index in [9.17, 15) is 4.79 Å². The first-order valence-corrected chi connectivity index (χ1v) is 6.91. The van der Waals surface area contributed by atoms with Crippen LogP contribution in [0, 0.1) is 11.8 Å². The molecule has 2 heterocycles. The zero-order valence-corrected chi connectivity index (χ0v) is 12.4. The molecule has 1 aromatic rings. The number of aromatic nitrogens is 2. The summed E-state index contributed by atoms with van der Waals surface area (Å²) in [5, 5.41) is 6.33. The van der Waals surface area contributed by atoms with Gasteiger partial charge in [0, 0.05) is 33.2 Å². The van der Waals surface area contributed by atoms with Crippen LogP contribution in [0.1, 0.15) is 6.92 Å². The van der Waals surface area contributed by atoms with Gasteiger partial charge in [-0.05, 0) is 6.92 Å². The van der Waals surface area contributed by atoms with Crippen molar-refractivity contribution in [1.82, 2.24) is 15.3 Å². The average molecular weight is 288 g/mol. The Morgan fingerprint density at radius 3 is 2.86 bits per heavy atom. The zero-order chi connectivity index (χ0) is 15.1. The highest BCUT2D eigenvalue weighted by Crippen LogP contribution is 2.32. The number of hydrogen-bond acceptors (Lipinski definition) is 6. The molecular formula is C14H20N6O. The van der Waals surface area contributed by atoms with Crippen molar-refractivity contribution in [2.24, 2.45) is 0 Å². The molecule has 0 atom stereocenters. The second kappa shape index (κ2) is 7.45. The van der Waals surface area contributed by atoms with Crippen molar-refractivity contribution in [2.75, 3.05) is 54.9 Å². The molecule has 1 aromatic heterocycles. The van der Waals surface area contributed by atoms with Crippen LogP contribution in [0.4, 0.5) is 17.3 Å². The average Bonchev–Trinajstić information content (AvgIpc) is 2.56. The summed E-state index contributed by atoms with van der Waals surface area (Å²) in [4.78, 5) is 23.8. The van der Waals surface area contributed by atoms with Crippen LogP contribution in [0.5, 0.6) is 0 Å². The van der Waals surface area contributed by atoms with Crippen LogP contribution in [-0.4, -0.2) is 56.1 Å². The first kappa shape index (κ1) is 15.1. The second-order valence-electron chi connectivity index (χ2n) is 4.54. The number of carbonyl (C=O) groups excluding carboxylic acids is 1. The number of piperazine rings is 1. The summed E-state index contributed by atoms with van der Waals surface area (Å²) in [5.41, 5.74) is 0.680. The Hall–Kier alpha value is -2.33. The lowest BCUT2D eigenvalue weighted by molar-refractivity contribution is -0.107. The van der Waals surface area contributed by atoms with Gasteiger partial charge in [0.25, 0.3) is 0 Å². The number of rotatable bonds is 5. The maximum absolute atomic E-state index is 11.5. The lowest BCUT2D eigenvalue weighted by Gasteiger charge is -2.31. The third-order valence-corrected chi connectivity index (χ3v) is 3.30. The van der Waals surface area contributed by atoms with Crippen molar-refractivity contribution in [3.05, 3.63) is 6.33 Å². The molecule has 0 saturated carbocycles. The third kappa shape index (κ3) is 3.41. The molecule has 7 nitrogen and oxygen atoms in total. The summed E-state index contributed by atoms with van der Waals surface area (Å²) in [7, 11) is 1.78. The van der Waals surface area contributed by atoms with Gasteiger partial charge < -0.3 is 15.5 Å². The van der Waals surface area contributed by atoms with Crippen molar-refractivity contribution < 1.29 is 4.79 Å². The maximum atomic E-state index is 11.5. The van der Waals surface area contributed by atoms with E-state index in [4.69, 9.17) is 0 Å². The van der Waals surface area contributed by atoms with Crippen molar-refractivity contribution in [3.8, 4) is 11.8 Å². The second-order valence-corrected chi connectivity index (χ2v) is 4.54. The highest BCUT2D eigenvalue weighted by molar-refractivity contribution is 5.89. The fraction of sp³-hybridized carbons (Fsp3) is 0.500. The molecule has 1 saturated heterocycles. The molecule has 1 fully saturated rings. The smallest absolute Gasteiger partial charge is 0.215 e. The van der Waals surface area contributed by atoms with Crippen LogP contribution in [0.3, 0.4) is 0 Å². The van der Waals surface area contributed by atoms with E-state index in [1.54, 1.807) is 18.9 Å². The SMILES string of the molecule is CC#CCN(C=O)c1c(NC)ncnc1N1CCNCC1. The van der Waals surface area contributed by atoms with Crippen molar-refractivity contribution in [3.63, 3.8) is 0 Å². The Balaban J connectivity index is 2.42. The maximum Gasteiger partial charge on any atom is 0.215 e. The number of anilines is 3. The minimum atomic E-state index is 0.321. The van der Waals surface area contributed by atoms with E-state index in [0.717, 1.165) is 38.4 Å². The summed E-state index contributed by atoms with van der Waals surface area (Å²) in [6.45, 7) is 5.56. The number of amides is 1. The lowest BCUT2D eigenvalue weighted by atomic mass is 10.3. The van der Waals surface area contributed by atoms with Crippen LogP contribution in [0.2, 0.25) is 0 Å². The molecule has 7 heteroatoms. The molecule has 2 rings (SSSR count). The van der Waals surface area contributed by atoms with Gasteiger partial charge in [-0.15, -0.1) is 5.92 Å². The van der Waals surface area contributed by atoms with Gasteiger partial charge in [-0.2, -0.15) is 0 Å². The molecule has 0 aliphatic carbocycles. The molecule has 1 aliphatic rings. The van der Waals surface area contributed by atoms with E-state index in [0.29, 0.717) is 18.1 Å². The molecule has 1 amide bonds. The van der Waals surface area contributed by atoms with Crippen molar-refractivity contribution in [1.29, 1.82) is 0 Å². The van der Waals surface area contributed by atoms with E-state index >= 15 is 0 Å². The Morgan fingerprint density at radius 2 is 2.24 bits per heavy atom. The van der Waals surface area contributed by atoms with Gasteiger partial charge in [0.05, 0.1) is 6.54 Å². The van der Waals surface area contributed by atoms with Crippen LogP contribution in [0.15, 0.2) is 6.33 Å². The van der Waals surface area contributed by atoms with Gasteiger partial charge in [-0.3, -0.25) is 9.69 Å². The number of carbonyl (C=O) groups is 1. The predicted molar refractivity (Wildman–Crippen MR) is 83.5 cm³/mol. The van der Waals surface area contributed by atoms with Gasteiger partial charge >= 0.3 is 0 Å². The largest absolute Gasteiger partial charge is 0.371 e. The highest BCUT2D eigenvalue weighted by atomic mass is 16.1. The van der Waals surface area contributed by atoms with Crippen LogP contribution >= 0.6 is 0 Å². The van der Waals surface area contributed by atoms with E-state index in [1.165, 1.54) is 6.33 Å². The van der Waals surface area contributed by atoms with Gasteiger partial charge in [0.1, 0.15) is 12.0 Å². The van der Waals surface area contributed by atoms with Crippen LogP contribution in [-0.2, 0) is 4.79 Å². The molecule has 0 bridgehead atoms. The third-order valence-electron chi connectivity index (χ3n) is 3.30. The Morgan fingerprint density at radius 1 is 1.48 bits per heavy atom. The predicted octanol–water partition coefficient (Wildman–Crippen LogP) is -0.0860. The van der Waals surface area contributed by atoms with E-state index in [2.05, 4.69) is 37.3 Å². The van der Waals surface area contributed by atoms with Gasteiger partial charge in [0.2, 0.25) is 6.41 Å². The van der Waals surface area contributed by atoms with Crippen molar-refractivity contribution >= 4 is 23.7 Å². The quantitative estimate of drug-likeness (QED) is 0.583. The summed E-state index contributed by atoms with van der Waals surface area (Å²) in [6, 6.07) is 0. The zero-order valence-electron chi connectivity index (χ0n) is 12.4. The lowest BCUT2D eigenvalue weighted by Crippen LogP contribution is -2.44. The molecule has 2 N–H and O–H groups in total. The topological polar surface area (TPSA) is 73.4 Å². The Labute approximate surface area is 124 Å². The van der Waals surface area contributed by atoms with E-state index in [-0.39, 0.29) is 0 Å². The Kier molecular flexibility index (Phi) is 5.35. The van der Waals surface area contributed by atoms with Crippen LogP contribution in [0.25, 0.3) is 0 Å². The Bertz CT molecular complexity index is 544. The monoisotopic (exact) mass is 288 g/mol. The molecule has 21 heavy (non-hydrogen) atoms. The minimum Gasteiger partial charge on any atom is -0.371 e. The number of hydrogen-bond donors (Lipinski definition) is 2. The van der Waals surface area contributed by atoms with Gasteiger partial charge in [-0.25, -0.2) is 9.97 Å². The molecular weight excluding hydrogens is 268 g/mol. The minimum absolute atomic E-state index is 0.321. The molecule has 0 unspecified atom stereocenters. The number of nitrogens with zero attached hydrogens (tertiary/aromatic N) is 4. The summed E-state index contributed by atoms with van der Waals surface area (Å²) < 4.78 is 0. The van der Waals surface area contributed by atoms with E-state index < -0.39 is 0 Å². The number of nitrogens with one attached hydrogen (secondary N) is 2. The molecule has 112 valence electrons. The van der Waals surface area contributed by atoms with Crippen LogP contribution < -0.4 is 20.4 Å². The first-order chi connectivity index (χ1) is 10.3. The highest BCUT2D eigenvalue weighted by Gasteiger charge is 2.22. The fourth-order valence-corrected chi connectivity index (χ4v) is 2.26. The van der Waals surface area contributed by atoms with Gasteiger partial charge in [0.15, 0.2) is 11.6 Å². The van der Waals surface area contributed by atoms with Gasteiger partial charge in [-0.1, -0.05) is 5.92 Å². The van der Waals surface area contributed by atoms with Crippen molar-refractivity contribution in [2.45, 2.75) is 6.92 Å². The summed E-state index contributed by atoms with van der Waals surface area (Å²) in [6.07, 6.45) is 2.29. The summed E-state index contributed by atoms with van der Waals surface area (Å²) in [5.74, 6) is 7.11. The molecule has 0 radical (unpaired) electrons. The molecule has 0 spiro atoms. The molecule has 0 aromatic carbocycles. The first-order valence-electron chi connectivity index (χ1n) is 6.91. The normalized spacial score (nSPS) is 14.1. The summed E-state index contributed by atoms with van der Waals surface area (Å²) >= 11 is 0. The fourth-order valence-electron chi connectivity index (χ4n) is 2.26. The van der Waals surface area contributed by atoms with E-state index in [1.807, 2.05) is 0 Å². The standard InChI is InChI=1S/C14H20N6O/c1-3-4-7-20(11-21)12-13(15-2)17-10-18-14(12)19-8-5-16-6-9-19/h10-11,16H,5-9H2,1-2H3,(H,15,17,18).